The van der Waals surface area contributed by atoms with Gasteiger partial charge < -0.3 is 19.1 Å². The van der Waals surface area contributed by atoms with Gasteiger partial charge in [0.1, 0.15) is 6.54 Å². The van der Waals surface area contributed by atoms with Gasteiger partial charge in [0, 0.05) is 18.8 Å². The van der Waals surface area contributed by atoms with Gasteiger partial charge >= 0.3 is 5.97 Å². The van der Waals surface area contributed by atoms with Crippen molar-refractivity contribution in [3.63, 3.8) is 0 Å². The highest BCUT2D eigenvalue weighted by Gasteiger charge is 2.22. The molecule has 0 aliphatic heterocycles. The Morgan fingerprint density at radius 3 is 2.22 bits per heavy atom. The van der Waals surface area contributed by atoms with Gasteiger partial charge in [0.15, 0.2) is 6.10 Å². The quantitative estimate of drug-likeness (QED) is 0.295. The number of unbranched alkanes of at least 4 members (excludes halogenated alkanes) is 2. The van der Waals surface area contributed by atoms with E-state index in [9.17, 15) is 14.7 Å². The van der Waals surface area contributed by atoms with Gasteiger partial charge in [0.25, 0.3) is 0 Å². The minimum Gasteiger partial charge on any atom is -0.550 e. The molecule has 136 valence electrons. The summed E-state index contributed by atoms with van der Waals surface area (Å²) in [5.74, 6) is -0.776. The number of hydrogen-bond acceptors (Lipinski definition) is 4. The van der Waals surface area contributed by atoms with E-state index in [2.05, 4.69) is 13.8 Å². The van der Waals surface area contributed by atoms with Crippen LogP contribution in [0.25, 0.3) is 0 Å². The number of aliphatic carboxylic acids is 1. The van der Waals surface area contributed by atoms with Gasteiger partial charge in [-0.1, -0.05) is 46.0 Å². The van der Waals surface area contributed by atoms with E-state index < -0.39 is 12.1 Å². The predicted octanol–water partition coefficient (Wildman–Crippen LogP) is 2.13. The van der Waals surface area contributed by atoms with E-state index in [1.54, 1.807) is 0 Å². The zero-order chi connectivity index (χ0) is 17.9. The van der Waals surface area contributed by atoms with Crippen LogP contribution in [0.5, 0.6) is 0 Å². The highest BCUT2D eigenvalue weighted by molar-refractivity contribution is 5.70. The van der Waals surface area contributed by atoms with Crippen LogP contribution in [0.4, 0.5) is 0 Å². The number of carbonyl (C=O) groups excluding carboxylic acids is 2. The van der Waals surface area contributed by atoms with Crippen molar-refractivity contribution in [3.8, 4) is 0 Å². The first-order chi connectivity index (χ1) is 10.6. The third kappa shape index (κ3) is 14.2. The monoisotopic (exact) mass is 329 g/mol. The molecule has 0 radical (unpaired) electrons. The summed E-state index contributed by atoms with van der Waals surface area (Å²) in [4.78, 5) is 22.7. The summed E-state index contributed by atoms with van der Waals surface area (Å²) < 4.78 is 5.88. The van der Waals surface area contributed by atoms with Crippen molar-refractivity contribution in [3.05, 3.63) is 0 Å². The van der Waals surface area contributed by atoms with E-state index >= 15 is 0 Å². The van der Waals surface area contributed by atoms with Gasteiger partial charge in [0.2, 0.25) is 0 Å². The molecule has 0 heterocycles. The van der Waals surface area contributed by atoms with Gasteiger partial charge in [-0.3, -0.25) is 4.79 Å². The van der Waals surface area contributed by atoms with E-state index in [0.717, 1.165) is 19.3 Å². The Labute approximate surface area is 141 Å². The lowest BCUT2D eigenvalue weighted by molar-refractivity contribution is -0.873. The topological polar surface area (TPSA) is 66.4 Å². The Morgan fingerprint density at radius 1 is 1.09 bits per heavy atom. The summed E-state index contributed by atoms with van der Waals surface area (Å²) in [7, 11) is 5.81. The smallest absolute Gasteiger partial charge is 0.306 e. The summed E-state index contributed by atoms with van der Waals surface area (Å²) in [5.41, 5.74) is 0. The highest BCUT2D eigenvalue weighted by atomic mass is 16.5. The average molecular weight is 329 g/mol. The minimum absolute atomic E-state index is 0.241. The molecule has 0 aromatic rings. The molecule has 0 aliphatic rings. The van der Waals surface area contributed by atoms with Crippen molar-refractivity contribution in [2.75, 3.05) is 27.7 Å². The number of likely N-dealkylation sites (N-methyl/N-ethyl adjacent to an activating group) is 1. The number of esters is 1. The van der Waals surface area contributed by atoms with Crippen molar-refractivity contribution in [1.82, 2.24) is 0 Å². The van der Waals surface area contributed by atoms with Gasteiger partial charge in [0.05, 0.1) is 21.1 Å². The lowest BCUT2D eigenvalue weighted by atomic mass is 9.97. The minimum atomic E-state index is -1.18. The Morgan fingerprint density at radius 2 is 1.70 bits per heavy atom. The molecule has 2 atom stereocenters. The number of nitrogens with zero attached hydrogens (tertiary/aromatic N) is 1. The molecule has 0 amide bonds. The predicted molar refractivity (Wildman–Crippen MR) is 89.6 cm³/mol. The van der Waals surface area contributed by atoms with Crippen LogP contribution in [0.2, 0.25) is 0 Å². The van der Waals surface area contributed by atoms with E-state index in [1.165, 1.54) is 19.3 Å². The lowest BCUT2D eigenvalue weighted by Gasteiger charge is -2.29. The summed E-state index contributed by atoms with van der Waals surface area (Å²) in [6, 6.07) is 0. The summed E-state index contributed by atoms with van der Waals surface area (Å²) in [6.45, 7) is 4.92. The van der Waals surface area contributed by atoms with E-state index in [0.29, 0.717) is 23.4 Å². The maximum Gasteiger partial charge on any atom is 0.306 e. The molecule has 0 saturated carbocycles. The van der Waals surface area contributed by atoms with Crippen molar-refractivity contribution in [2.24, 2.45) is 5.92 Å². The second kappa shape index (κ2) is 11.4. The Hall–Kier alpha value is -1.10. The van der Waals surface area contributed by atoms with Crippen molar-refractivity contribution in [1.29, 1.82) is 0 Å². The number of hydrogen-bond donors (Lipinski definition) is 0. The third-order valence-electron chi connectivity index (χ3n) is 3.82. The Bertz CT molecular complexity index is 349. The Kier molecular flexibility index (Phi) is 10.9. The number of carbonyl (C=O) groups is 2. The highest BCUT2D eigenvalue weighted by Crippen LogP contribution is 2.16. The van der Waals surface area contributed by atoms with Gasteiger partial charge in [-0.2, -0.15) is 0 Å². The SMILES string of the molecule is CCCCC(C)CCCCC(=O)OC(CC(=O)[O-])C[N+](C)(C)C. The zero-order valence-electron chi connectivity index (χ0n) is 15.6. The molecular formula is C18H35NO4. The molecule has 0 rings (SSSR count). The molecule has 0 spiro atoms. The number of rotatable bonds is 13. The number of ether oxygens (including phenoxy) is 1. The molecule has 0 aromatic heterocycles. The third-order valence-corrected chi connectivity index (χ3v) is 3.82. The summed E-state index contributed by atoms with van der Waals surface area (Å²) in [5, 5.41) is 10.8. The van der Waals surface area contributed by atoms with E-state index in [4.69, 9.17) is 4.74 Å². The van der Waals surface area contributed by atoms with Crippen molar-refractivity contribution < 1.29 is 23.9 Å². The van der Waals surface area contributed by atoms with Crippen LogP contribution in [0, 0.1) is 5.92 Å². The zero-order valence-corrected chi connectivity index (χ0v) is 15.6. The first-order valence-corrected chi connectivity index (χ1v) is 8.83. The second-order valence-electron chi connectivity index (χ2n) is 7.65. The molecule has 2 unspecified atom stereocenters. The van der Waals surface area contributed by atoms with E-state index in [1.807, 2.05) is 21.1 Å². The van der Waals surface area contributed by atoms with Crippen LogP contribution < -0.4 is 5.11 Å². The average Bonchev–Trinajstić information content (AvgIpc) is 2.38. The molecule has 0 N–H and O–H groups in total. The molecule has 5 heteroatoms. The maximum absolute atomic E-state index is 11.9. The standard InChI is InChI=1S/C18H35NO4/c1-6-7-10-15(2)11-8-9-12-18(22)23-16(13-17(20)21)14-19(3,4)5/h15-16H,6-14H2,1-5H3. The molecule has 0 aromatic carbocycles. The van der Waals surface area contributed by atoms with Crippen LogP contribution in [-0.4, -0.2) is 50.2 Å². The first-order valence-electron chi connectivity index (χ1n) is 8.83. The molecule has 23 heavy (non-hydrogen) atoms. The van der Waals surface area contributed by atoms with Crippen LogP contribution in [0.3, 0.4) is 0 Å². The Balaban J connectivity index is 4.05. The molecule has 0 bridgehead atoms. The summed E-state index contributed by atoms with van der Waals surface area (Å²) >= 11 is 0. The lowest BCUT2D eigenvalue weighted by Crippen LogP contribution is -2.45. The van der Waals surface area contributed by atoms with Gasteiger partial charge in [-0.05, 0) is 12.3 Å². The van der Waals surface area contributed by atoms with E-state index in [-0.39, 0.29) is 12.4 Å². The van der Waals surface area contributed by atoms with Crippen LogP contribution in [0.15, 0.2) is 0 Å². The van der Waals surface area contributed by atoms with Crippen LogP contribution in [0.1, 0.15) is 65.2 Å². The van der Waals surface area contributed by atoms with Gasteiger partial charge in [-0.15, -0.1) is 0 Å². The molecule has 0 saturated heterocycles. The van der Waals surface area contributed by atoms with Crippen molar-refractivity contribution in [2.45, 2.75) is 71.3 Å². The second-order valence-corrected chi connectivity index (χ2v) is 7.65. The van der Waals surface area contributed by atoms with Crippen LogP contribution >= 0.6 is 0 Å². The largest absolute Gasteiger partial charge is 0.550 e. The fourth-order valence-corrected chi connectivity index (χ4v) is 2.64. The fraction of sp³-hybridized carbons (Fsp3) is 0.889. The number of quaternary nitrogens is 1. The molecule has 5 nitrogen and oxygen atoms in total. The van der Waals surface area contributed by atoms with Crippen molar-refractivity contribution >= 4 is 11.9 Å². The van der Waals surface area contributed by atoms with Crippen LogP contribution in [-0.2, 0) is 14.3 Å². The molecular weight excluding hydrogens is 294 g/mol. The summed E-state index contributed by atoms with van der Waals surface area (Å²) in [6.07, 6.45) is 6.19. The number of carboxylic acids is 1. The fourth-order valence-electron chi connectivity index (χ4n) is 2.64. The maximum atomic E-state index is 11.9. The normalized spacial score (nSPS) is 14.3. The molecule has 0 fully saturated rings. The molecule has 0 aliphatic carbocycles. The van der Waals surface area contributed by atoms with Gasteiger partial charge in [-0.25, -0.2) is 0 Å². The number of carboxylic acid groups (broad SMARTS) is 1. The first kappa shape index (κ1) is 21.9.